The van der Waals surface area contributed by atoms with Gasteiger partial charge in [0.25, 0.3) is 5.91 Å². The maximum atomic E-state index is 12.8. The third kappa shape index (κ3) is 4.57. The van der Waals surface area contributed by atoms with E-state index in [-0.39, 0.29) is 29.6 Å². The van der Waals surface area contributed by atoms with Crippen LogP contribution in [0, 0.1) is 5.92 Å². The van der Waals surface area contributed by atoms with E-state index in [0.29, 0.717) is 31.1 Å². The maximum Gasteiger partial charge on any atom is 0.274 e. The summed E-state index contributed by atoms with van der Waals surface area (Å²) in [5.41, 5.74) is 2.32. The summed E-state index contributed by atoms with van der Waals surface area (Å²) >= 11 is 0. The fourth-order valence-electron chi connectivity index (χ4n) is 4.33. The van der Waals surface area contributed by atoms with Crippen molar-refractivity contribution in [3.63, 3.8) is 0 Å². The molecule has 0 unspecified atom stereocenters. The minimum atomic E-state index is -0.261. The Kier molecular flexibility index (Phi) is 6.13. The molecule has 1 aliphatic heterocycles. The molecule has 0 N–H and O–H groups in total. The first-order chi connectivity index (χ1) is 15.7. The number of carbonyl (C=O) groups is 3. The van der Waals surface area contributed by atoms with E-state index >= 15 is 0 Å². The van der Waals surface area contributed by atoms with Crippen molar-refractivity contribution in [2.45, 2.75) is 19.4 Å². The van der Waals surface area contributed by atoms with Crippen LogP contribution >= 0.6 is 0 Å². The van der Waals surface area contributed by atoms with E-state index in [1.54, 1.807) is 64.9 Å². The highest BCUT2D eigenvalue weighted by atomic mass is 16.2. The molecule has 33 heavy (non-hydrogen) atoms. The molecule has 0 spiro atoms. The van der Waals surface area contributed by atoms with Gasteiger partial charge >= 0.3 is 0 Å². The van der Waals surface area contributed by atoms with Gasteiger partial charge in [0.2, 0.25) is 17.6 Å². The molecule has 172 valence electrons. The van der Waals surface area contributed by atoms with Crippen LogP contribution in [-0.4, -0.2) is 81.0 Å². The summed E-state index contributed by atoms with van der Waals surface area (Å²) in [6, 6.07) is 9.71. The van der Waals surface area contributed by atoms with Crippen LogP contribution in [-0.2, 0) is 16.1 Å². The zero-order chi connectivity index (χ0) is 23.7. The molecule has 1 aliphatic rings. The van der Waals surface area contributed by atoms with Crippen molar-refractivity contribution < 1.29 is 14.4 Å². The number of amides is 3. The van der Waals surface area contributed by atoms with Crippen LogP contribution in [0.3, 0.4) is 0 Å². The Balaban J connectivity index is 1.47. The number of benzene rings is 1. The number of imidazole rings is 1. The normalized spacial score (nSPS) is 17.9. The molecule has 0 radical (unpaired) electrons. The van der Waals surface area contributed by atoms with Crippen molar-refractivity contribution in [2.24, 2.45) is 5.92 Å². The van der Waals surface area contributed by atoms with Gasteiger partial charge in [-0.2, -0.15) is 0 Å². The summed E-state index contributed by atoms with van der Waals surface area (Å²) in [6.45, 7) is 2.92. The van der Waals surface area contributed by atoms with E-state index < -0.39 is 0 Å². The van der Waals surface area contributed by atoms with E-state index in [4.69, 9.17) is 0 Å². The summed E-state index contributed by atoms with van der Waals surface area (Å²) < 4.78 is 1.72. The van der Waals surface area contributed by atoms with Gasteiger partial charge in [-0.25, -0.2) is 9.97 Å². The standard InChI is InChI=1S/C24H28N6O3/c1-16(31)30-13-19(20(14-30)22(32)27(2)3)18-8-6-17(7-9-18)12-28(4)23(33)21-15-29-11-5-10-25-24(29)26-21/h5-11,15,19-20H,12-14H2,1-4H3/t19-,20+/m1/s1. The lowest BCUT2D eigenvalue weighted by Gasteiger charge is -2.22. The first kappa shape index (κ1) is 22.4. The highest BCUT2D eigenvalue weighted by Crippen LogP contribution is 2.34. The van der Waals surface area contributed by atoms with Crippen molar-refractivity contribution in [1.82, 2.24) is 29.1 Å². The number of carbonyl (C=O) groups excluding carboxylic acids is 3. The average Bonchev–Trinajstić information content (AvgIpc) is 3.43. The number of hydrogen-bond donors (Lipinski definition) is 0. The van der Waals surface area contributed by atoms with Crippen LogP contribution in [0.25, 0.3) is 5.78 Å². The van der Waals surface area contributed by atoms with Crippen molar-refractivity contribution in [2.75, 3.05) is 34.2 Å². The zero-order valence-electron chi connectivity index (χ0n) is 19.3. The minimum absolute atomic E-state index is 0.0204. The minimum Gasteiger partial charge on any atom is -0.349 e. The van der Waals surface area contributed by atoms with Gasteiger partial charge in [-0.15, -0.1) is 0 Å². The van der Waals surface area contributed by atoms with Crippen molar-refractivity contribution in [1.29, 1.82) is 0 Å². The average molecular weight is 449 g/mol. The summed E-state index contributed by atoms with van der Waals surface area (Å²) in [5, 5.41) is 0. The number of rotatable bonds is 5. The fraction of sp³-hybridized carbons (Fsp3) is 0.375. The molecule has 2 atom stereocenters. The predicted octanol–water partition coefficient (Wildman–Crippen LogP) is 1.65. The van der Waals surface area contributed by atoms with E-state index in [0.717, 1.165) is 11.1 Å². The van der Waals surface area contributed by atoms with Gasteiger partial charge in [0.15, 0.2) is 0 Å². The molecular formula is C24H28N6O3. The van der Waals surface area contributed by atoms with Gasteiger partial charge in [0.05, 0.1) is 5.92 Å². The number of hydrogen-bond acceptors (Lipinski definition) is 5. The maximum absolute atomic E-state index is 12.8. The van der Waals surface area contributed by atoms with E-state index in [2.05, 4.69) is 9.97 Å². The summed E-state index contributed by atoms with van der Waals surface area (Å²) in [6.07, 6.45) is 5.11. The first-order valence-corrected chi connectivity index (χ1v) is 10.8. The van der Waals surface area contributed by atoms with Gasteiger partial charge in [0.1, 0.15) is 5.69 Å². The fourth-order valence-corrected chi connectivity index (χ4v) is 4.33. The largest absolute Gasteiger partial charge is 0.349 e. The van der Waals surface area contributed by atoms with E-state index in [1.807, 2.05) is 24.3 Å². The number of fused-ring (bicyclic) bond motifs is 1. The predicted molar refractivity (Wildman–Crippen MR) is 122 cm³/mol. The molecule has 1 aromatic carbocycles. The van der Waals surface area contributed by atoms with Crippen LogP contribution in [0.5, 0.6) is 0 Å². The molecule has 4 rings (SSSR count). The smallest absolute Gasteiger partial charge is 0.274 e. The second kappa shape index (κ2) is 9.01. The summed E-state index contributed by atoms with van der Waals surface area (Å²) in [7, 11) is 5.22. The van der Waals surface area contributed by atoms with Gasteiger partial charge < -0.3 is 14.7 Å². The van der Waals surface area contributed by atoms with Crippen molar-refractivity contribution >= 4 is 23.5 Å². The highest BCUT2D eigenvalue weighted by Gasteiger charge is 2.40. The van der Waals surface area contributed by atoms with Gasteiger partial charge in [-0.3, -0.25) is 18.8 Å². The Morgan fingerprint density at radius 3 is 2.45 bits per heavy atom. The molecule has 1 saturated heterocycles. The van der Waals surface area contributed by atoms with Crippen LogP contribution in [0.1, 0.15) is 34.5 Å². The lowest BCUT2D eigenvalue weighted by atomic mass is 9.87. The van der Waals surface area contributed by atoms with Crippen molar-refractivity contribution in [3.05, 3.63) is 65.7 Å². The van der Waals surface area contributed by atoms with E-state index in [9.17, 15) is 14.4 Å². The molecule has 3 aromatic rings. The second-order valence-electron chi connectivity index (χ2n) is 8.73. The Morgan fingerprint density at radius 2 is 1.82 bits per heavy atom. The van der Waals surface area contributed by atoms with Crippen LogP contribution in [0.2, 0.25) is 0 Å². The molecule has 3 heterocycles. The summed E-state index contributed by atoms with van der Waals surface area (Å²) in [4.78, 5) is 50.8. The molecule has 9 nitrogen and oxygen atoms in total. The highest BCUT2D eigenvalue weighted by molar-refractivity contribution is 5.92. The topological polar surface area (TPSA) is 91.1 Å². The Hall–Kier alpha value is -3.75. The van der Waals surface area contributed by atoms with Crippen LogP contribution in [0.15, 0.2) is 48.9 Å². The van der Waals surface area contributed by atoms with Crippen LogP contribution in [0.4, 0.5) is 0 Å². The third-order valence-corrected chi connectivity index (χ3v) is 6.15. The monoisotopic (exact) mass is 448 g/mol. The first-order valence-electron chi connectivity index (χ1n) is 10.8. The quantitative estimate of drug-likeness (QED) is 0.592. The van der Waals surface area contributed by atoms with Crippen molar-refractivity contribution in [3.8, 4) is 0 Å². The number of likely N-dealkylation sites (tertiary alicyclic amines) is 1. The molecule has 9 heteroatoms. The van der Waals surface area contributed by atoms with E-state index in [1.165, 1.54) is 6.92 Å². The number of aromatic nitrogens is 3. The SMILES string of the molecule is CC(=O)N1C[C@H](C(=O)N(C)C)[C@@H](c2ccc(CN(C)C(=O)c3cn4cccnc4n3)cc2)C1. The third-order valence-electron chi connectivity index (χ3n) is 6.15. The molecule has 0 saturated carbocycles. The van der Waals surface area contributed by atoms with Crippen LogP contribution < -0.4 is 0 Å². The lowest BCUT2D eigenvalue weighted by Crippen LogP contribution is -2.34. The zero-order valence-corrected chi connectivity index (χ0v) is 19.3. The Bertz CT molecular complexity index is 1150. The second-order valence-corrected chi connectivity index (χ2v) is 8.73. The van der Waals surface area contributed by atoms with Gasteiger partial charge in [0, 0.05) is 72.2 Å². The molecule has 1 fully saturated rings. The molecule has 0 bridgehead atoms. The van der Waals surface area contributed by atoms with Gasteiger partial charge in [-0.05, 0) is 17.2 Å². The molecule has 3 amide bonds. The lowest BCUT2D eigenvalue weighted by molar-refractivity contribution is -0.133. The molecule has 0 aliphatic carbocycles. The Labute approximate surface area is 192 Å². The number of nitrogens with zero attached hydrogens (tertiary/aromatic N) is 6. The van der Waals surface area contributed by atoms with Gasteiger partial charge in [-0.1, -0.05) is 24.3 Å². The molecule has 2 aromatic heterocycles. The molecular weight excluding hydrogens is 420 g/mol. The summed E-state index contributed by atoms with van der Waals surface area (Å²) in [5.74, 6) is -0.0101. The Morgan fingerprint density at radius 1 is 1.09 bits per heavy atom.